The van der Waals surface area contributed by atoms with Crippen LogP contribution in [0.25, 0.3) is 0 Å². The maximum atomic E-state index is 13.1. The second kappa shape index (κ2) is 21.4. The molecule has 1 rings (SSSR count). The first-order valence-electron chi connectivity index (χ1n) is 13.4. The molecule has 2 atom stereocenters. The molecule has 11 heteroatoms. The Hall–Kier alpha value is -2.40. The average molecular weight is 575 g/mol. The molecule has 1 aromatic carbocycles. The minimum Gasteiger partial charge on any atom is -0.481 e. The predicted octanol–water partition coefficient (Wildman–Crippen LogP) is 3.80. The third kappa shape index (κ3) is 16.3. The number of hydrogen-bond donors (Lipinski definition) is 5. The Bertz CT molecular complexity index is 848. The monoisotopic (exact) mass is 574 g/mol. The lowest BCUT2D eigenvalue weighted by atomic mass is 9.85. The van der Waals surface area contributed by atoms with Crippen molar-refractivity contribution in [3.05, 3.63) is 28.8 Å². The number of nitrogens with two attached hydrogens (primary N) is 1. The zero-order valence-electron chi connectivity index (χ0n) is 25.0. The average Bonchev–Trinajstić information content (AvgIpc) is 2.89. The van der Waals surface area contributed by atoms with E-state index in [4.69, 9.17) is 32.3 Å². The van der Waals surface area contributed by atoms with Crippen LogP contribution in [0.2, 0.25) is 5.02 Å². The van der Waals surface area contributed by atoms with E-state index >= 15 is 0 Å². The lowest BCUT2D eigenvalue weighted by Crippen LogP contribution is -2.54. The molecule has 1 aromatic rings. The first-order valence-corrected chi connectivity index (χ1v) is 13.8. The number of nitrogens with zero attached hydrogens (tertiary/aromatic N) is 1. The van der Waals surface area contributed by atoms with Gasteiger partial charge in [-0.25, -0.2) is 0 Å². The first kappa shape index (κ1) is 38.7. The third-order valence-electron chi connectivity index (χ3n) is 5.73. The van der Waals surface area contributed by atoms with Gasteiger partial charge in [0.2, 0.25) is 5.91 Å². The largest absolute Gasteiger partial charge is 0.481 e. The standard InChI is InChI=1S/C20H32ClN3O2.C7H15NO3.CH4O/c1-6-8-9-12-24(7-2)19(26)17(20(3,4)5)23-18(25)14-10-11-16(22)15(21)13-14;1-3-11-5-6(8-2)4-7(9)10;1-2/h10-11,13,17H,6-9,12,22H2,1-5H3,(H,23,25);6,8H,3-5H2,1-2H3,(H,9,10);2H,1H3. The fraction of sp³-hybridized carbons (Fsp3) is 0.679. The summed E-state index contributed by atoms with van der Waals surface area (Å²) in [4.78, 5) is 37.8. The molecule has 0 aliphatic heterocycles. The molecule has 10 nitrogen and oxygen atoms in total. The van der Waals surface area contributed by atoms with Crippen molar-refractivity contribution in [3.8, 4) is 0 Å². The number of carbonyl (C=O) groups is 3. The van der Waals surface area contributed by atoms with Gasteiger partial charge in [0.25, 0.3) is 5.91 Å². The van der Waals surface area contributed by atoms with Crippen LogP contribution >= 0.6 is 11.6 Å². The molecular weight excluding hydrogens is 524 g/mol. The third-order valence-corrected chi connectivity index (χ3v) is 6.06. The number of anilines is 1. The Morgan fingerprint density at radius 1 is 1.13 bits per heavy atom. The molecule has 39 heavy (non-hydrogen) atoms. The maximum Gasteiger partial charge on any atom is 0.305 e. The summed E-state index contributed by atoms with van der Waals surface area (Å²) >= 11 is 6.01. The predicted molar refractivity (Wildman–Crippen MR) is 158 cm³/mol. The summed E-state index contributed by atoms with van der Waals surface area (Å²) in [6.07, 6.45) is 3.26. The minimum absolute atomic E-state index is 0.0500. The molecule has 0 aromatic heterocycles. The number of hydrogen-bond acceptors (Lipinski definition) is 7. The van der Waals surface area contributed by atoms with E-state index < -0.39 is 17.4 Å². The van der Waals surface area contributed by atoms with Crippen molar-refractivity contribution in [2.45, 2.75) is 79.3 Å². The van der Waals surface area contributed by atoms with Gasteiger partial charge in [-0.3, -0.25) is 14.4 Å². The van der Waals surface area contributed by atoms with Gasteiger partial charge in [-0.15, -0.1) is 0 Å². The number of halogens is 1. The lowest BCUT2D eigenvalue weighted by molar-refractivity contribution is -0.138. The Balaban J connectivity index is 0. The number of nitrogens with one attached hydrogen (secondary N) is 2. The number of ether oxygens (including phenoxy) is 1. The molecule has 0 bridgehead atoms. The smallest absolute Gasteiger partial charge is 0.305 e. The minimum atomic E-state index is -0.802. The van der Waals surface area contributed by atoms with Crippen molar-refractivity contribution in [1.29, 1.82) is 0 Å². The highest BCUT2D eigenvalue weighted by molar-refractivity contribution is 6.33. The van der Waals surface area contributed by atoms with Crippen LogP contribution in [0, 0.1) is 5.41 Å². The number of carboxylic acid groups (broad SMARTS) is 1. The van der Waals surface area contributed by atoms with Gasteiger partial charge >= 0.3 is 5.97 Å². The molecule has 0 saturated carbocycles. The van der Waals surface area contributed by atoms with Crippen molar-refractivity contribution >= 4 is 35.1 Å². The molecule has 0 heterocycles. The topological polar surface area (TPSA) is 154 Å². The van der Waals surface area contributed by atoms with Gasteiger partial charge in [-0.2, -0.15) is 0 Å². The molecule has 0 saturated heterocycles. The van der Waals surface area contributed by atoms with E-state index in [0.29, 0.717) is 42.6 Å². The number of amides is 2. The quantitative estimate of drug-likeness (QED) is 0.166. The van der Waals surface area contributed by atoms with Gasteiger partial charge in [0.15, 0.2) is 0 Å². The van der Waals surface area contributed by atoms with Crippen LogP contribution in [0.4, 0.5) is 5.69 Å². The molecular formula is C28H51ClN4O6. The fourth-order valence-electron chi connectivity index (χ4n) is 3.41. The van der Waals surface area contributed by atoms with Gasteiger partial charge in [0.05, 0.1) is 23.7 Å². The van der Waals surface area contributed by atoms with Gasteiger partial charge in [-0.1, -0.05) is 52.1 Å². The van der Waals surface area contributed by atoms with Crippen molar-refractivity contribution in [2.75, 3.05) is 46.2 Å². The molecule has 0 aliphatic rings. The van der Waals surface area contributed by atoms with Gasteiger partial charge in [0.1, 0.15) is 6.04 Å². The van der Waals surface area contributed by atoms with Crippen LogP contribution < -0.4 is 16.4 Å². The number of rotatable bonds is 14. The van der Waals surface area contributed by atoms with Gasteiger partial charge < -0.3 is 36.2 Å². The van der Waals surface area contributed by atoms with Crippen LogP contribution in [0.5, 0.6) is 0 Å². The molecule has 0 radical (unpaired) electrons. The number of benzene rings is 1. The summed E-state index contributed by atoms with van der Waals surface area (Å²) in [5, 5.41) is 21.5. The van der Waals surface area contributed by atoms with Crippen LogP contribution in [-0.4, -0.2) is 85.4 Å². The normalized spacial score (nSPS) is 12.2. The highest BCUT2D eigenvalue weighted by atomic mass is 35.5. The highest BCUT2D eigenvalue weighted by Gasteiger charge is 2.35. The molecule has 2 amide bonds. The highest BCUT2D eigenvalue weighted by Crippen LogP contribution is 2.24. The molecule has 0 spiro atoms. The van der Waals surface area contributed by atoms with E-state index in [0.717, 1.165) is 26.4 Å². The fourth-order valence-corrected chi connectivity index (χ4v) is 3.59. The summed E-state index contributed by atoms with van der Waals surface area (Å²) in [5.41, 5.74) is 6.09. The number of nitrogen functional groups attached to an aromatic ring is 1. The Morgan fingerprint density at radius 3 is 2.18 bits per heavy atom. The van der Waals surface area contributed by atoms with E-state index in [9.17, 15) is 14.4 Å². The zero-order valence-corrected chi connectivity index (χ0v) is 25.7. The number of aliphatic hydroxyl groups excluding tert-OH is 1. The van der Waals surface area contributed by atoms with E-state index in [1.165, 1.54) is 6.07 Å². The Labute approximate surface area is 239 Å². The van der Waals surface area contributed by atoms with Crippen LogP contribution in [0.3, 0.4) is 0 Å². The van der Waals surface area contributed by atoms with Gasteiger partial charge in [0, 0.05) is 38.4 Å². The van der Waals surface area contributed by atoms with Crippen molar-refractivity contribution in [1.82, 2.24) is 15.5 Å². The Morgan fingerprint density at radius 2 is 1.74 bits per heavy atom. The molecule has 2 unspecified atom stereocenters. The summed E-state index contributed by atoms with van der Waals surface area (Å²) < 4.78 is 5.06. The first-order chi connectivity index (χ1) is 18.3. The molecule has 0 fully saturated rings. The molecule has 6 N–H and O–H groups in total. The second-order valence-electron chi connectivity index (χ2n) is 9.88. The summed E-state index contributed by atoms with van der Waals surface area (Å²) in [6.45, 7) is 14.2. The van der Waals surface area contributed by atoms with Crippen molar-refractivity contribution < 1.29 is 29.3 Å². The van der Waals surface area contributed by atoms with E-state index in [2.05, 4.69) is 17.6 Å². The van der Waals surface area contributed by atoms with E-state index in [-0.39, 0.29) is 24.3 Å². The number of carboxylic acids is 1. The summed E-state index contributed by atoms with van der Waals surface area (Å²) in [5.74, 6) is -1.18. The number of unbranched alkanes of at least 4 members (excludes halogenated alkanes) is 2. The molecule has 0 aliphatic carbocycles. The maximum absolute atomic E-state index is 13.1. The number of aliphatic carboxylic acids is 1. The van der Waals surface area contributed by atoms with Crippen LogP contribution in [-0.2, 0) is 14.3 Å². The van der Waals surface area contributed by atoms with Crippen molar-refractivity contribution in [3.63, 3.8) is 0 Å². The van der Waals surface area contributed by atoms with Crippen LogP contribution in [0.15, 0.2) is 18.2 Å². The van der Waals surface area contributed by atoms with Gasteiger partial charge in [-0.05, 0) is 50.9 Å². The van der Waals surface area contributed by atoms with E-state index in [1.807, 2.05) is 39.5 Å². The SMILES string of the molecule is CCCCCN(CC)C(=O)C(NC(=O)c1ccc(N)c(Cl)c1)C(C)(C)C.CCOCC(CC(=O)O)NC.CO. The summed E-state index contributed by atoms with van der Waals surface area (Å²) in [7, 11) is 2.73. The summed E-state index contributed by atoms with van der Waals surface area (Å²) in [6, 6.07) is 4.03. The second-order valence-corrected chi connectivity index (χ2v) is 10.3. The number of likely N-dealkylation sites (N-methyl/N-ethyl adjacent to an activating group) is 2. The van der Waals surface area contributed by atoms with E-state index in [1.54, 1.807) is 19.2 Å². The Kier molecular flexibility index (Phi) is 21.3. The van der Waals surface area contributed by atoms with Crippen LogP contribution in [0.1, 0.15) is 77.6 Å². The zero-order chi connectivity index (χ0) is 30.6. The van der Waals surface area contributed by atoms with Crippen molar-refractivity contribution in [2.24, 2.45) is 5.41 Å². The lowest BCUT2D eigenvalue weighted by Gasteiger charge is -2.34. The number of aliphatic hydroxyl groups is 1. The molecule has 226 valence electrons. The number of carbonyl (C=O) groups excluding carboxylic acids is 2.